The Hall–Kier alpha value is -1.73. The molecule has 0 amide bonds. The maximum Gasteiger partial charge on any atom is 0.166 e. The molecule has 4 heteroatoms. The van der Waals surface area contributed by atoms with E-state index in [1.54, 1.807) is 19.1 Å². The summed E-state index contributed by atoms with van der Waals surface area (Å²) in [6, 6.07) is 4.60. The number of aryl methyl sites for hydroxylation is 1. The highest BCUT2D eigenvalue weighted by atomic mass is 16.5. The van der Waals surface area contributed by atoms with Gasteiger partial charge in [0.25, 0.3) is 0 Å². The zero-order valence-corrected chi connectivity index (χ0v) is 7.98. The van der Waals surface area contributed by atoms with Crippen molar-refractivity contribution in [1.82, 2.24) is 0 Å². The molecule has 74 valence electrons. The fourth-order valence-electron chi connectivity index (χ4n) is 1.21. The minimum atomic E-state index is -1.22. The number of nitriles is 1. The van der Waals surface area contributed by atoms with Gasteiger partial charge in [0, 0.05) is 5.56 Å². The number of aromatic hydroxyl groups is 1. The molecule has 0 aliphatic heterocycles. The van der Waals surface area contributed by atoms with Crippen LogP contribution < -0.4 is 4.74 Å². The lowest BCUT2D eigenvalue weighted by Gasteiger charge is -2.10. The average Bonchev–Trinajstić information content (AvgIpc) is 2.19. The number of aliphatic hydroxyl groups excluding tert-OH is 1. The number of hydrogen-bond acceptors (Lipinski definition) is 4. The van der Waals surface area contributed by atoms with Gasteiger partial charge in [0.1, 0.15) is 0 Å². The van der Waals surface area contributed by atoms with Gasteiger partial charge in [0.05, 0.1) is 13.2 Å². The molecule has 0 saturated heterocycles. The van der Waals surface area contributed by atoms with Crippen LogP contribution in [0.4, 0.5) is 0 Å². The van der Waals surface area contributed by atoms with Crippen LogP contribution in [0.2, 0.25) is 0 Å². The lowest BCUT2D eigenvalue weighted by Crippen LogP contribution is -1.97. The molecular weight excluding hydrogens is 182 g/mol. The Morgan fingerprint density at radius 3 is 2.64 bits per heavy atom. The summed E-state index contributed by atoms with van der Waals surface area (Å²) in [5.74, 6) is 0.249. The number of ether oxygens (including phenoxy) is 1. The van der Waals surface area contributed by atoms with Gasteiger partial charge in [-0.1, -0.05) is 0 Å². The Morgan fingerprint density at radius 1 is 1.50 bits per heavy atom. The number of rotatable bonds is 2. The molecule has 0 bridgehead atoms. The number of methoxy groups -OCH3 is 1. The first-order valence-electron chi connectivity index (χ1n) is 4.05. The number of benzene rings is 1. The summed E-state index contributed by atoms with van der Waals surface area (Å²) in [5, 5.41) is 27.2. The van der Waals surface area contributed by atoms with Crippen LogP contribution in [0.3, 0.4) is 0 Å². The van der Waals surface area contributed by atoms with Crippen LogP contribution in [0.15, 0.2) is 12.1 Å². The minimum absolute atomic E-state index is 0.0811. The van der Waals surface area contributed by atoms with Crippen molar-refractivity contribution in [2.75, 3.05) is 7.11 Å². The molecule has 1 rings (SSSR count). The minimum Gasteiger partial charge on any atom is -0.504 e. The van der Waals surface area contributed by atoms with Crippen LogP contribution in [0.1, 0.15) is 17.2 Å². The summed E-state index contributed by atoms with van der Waals surface area (Å²) < 4.78 is 4.88. The van der Waals surface area contributed by atoms with Crippen LogP contribution in [-0.4, -0.2) is 17.3 Å². The molecule has 1 aromatic rings. The predicted molar refractivity (Wildman–Crippen MR) is 50.0 cm³/mol. The van der Waals surface area contributed by atoms with Gasteiger partial charge in [-0.15, -0.1) is 0 Å². The van der Waals surface area contributed by atoms with E-state index < -0.39 is 6.10 Å². The summed E-state index contributed by atoms with van der Waals surface area (Å²) >= 11 is 0. The molecule has 1 atom stereocenters. The van der Waals surface area contributed by atoms with Crippen LogP contribution in [-0.2, 0) is 0 Å². The van der Waals surface area contributed by atoms with E-state index in [2.05, 4.69) is 0 Å². The maximum absolute atomic E-state index is 9.41. The van der Waals surface area contributed by atoms with Crippen molar-refractivity contribution in [1.29, 1.82) is 5.26 Å². The summed E-state index contributed by atoms with van der Waals surface area (Å²) in [7, 11) is 1.44. The van der Waals surface area contributed by atoms with Crippen molar-refractivity contribution in [3.05, 3.63) is 23.3 Å². The summed E-state index contributed by atoms with van der Waals surface area (Å²) in [6.07, 6.45) is -1.22. The highest BCUT2D eigenvalue weighted by Gasteiger charge is 2.13. The predicted octanol–water partition coefficient (Wildman–Crippen LogP) is 1.27. The lowest BCUT2D eigenvalue weighted by molar-refractivity contribution is 0.234. The van der Waals surface area contributed by atoms with E-state index in [-0.39, 0.29) is 5.75 Å². The summed E-state index contributed by atoms with van der Waals surface area (Å²) in [6.45, 7) is 1.73. The number of phenolic OH excluding ortho intramolecular Hbond substituents is 1. The number of nitrogens with zero attached hydrogens (tertiary/aromatic N) is 1. The maximum atomic E-state index is 9.41. The second kappa shape index (κ2) is 3.99. The zero-order valence-electron chi connectivity index (χ0n) is 7.98. The first kappa shape index (κ1) is 10.4. The van der Waals surface area contributed by atoms with Crippen molar-refractivity contribution in [2.24, 2.45) is 0 Å². The normalized spacial score (nSPS) is 11.9. The van der Waals surface area contributed by atoms with E-state index in [1.165, 1.54) is 13.2 Å². The molecule has 0 fully saturated rings. The van der Waals surface area contributed by atoms with Gasteiger partial charge < -0.3 is 14.9 Å². The second-order valence-electron chi connectivity index (χ2n) is 2.91. The van der Waals surface area contributed by atoms with Gasteiger partial charge >= 0.3 is 0 Å². The zero-order chi connectivity index (χ0) is 10.7. The van der Waals surface area contributed by atoms with E-state index in [0.717, 1.165) is 0 Å². The standard InChI is InChI=1S/C10H11NO3/c1-6-3-10(14-2)8(12)4-7(6)9(13)5-11/h3-4,9,12-13H,1-2H3. The largest absolute Gasteiger partial charge is 0.504 e. The third-order valence-corrected chi connectivity index (χ3v) is 1.98. The smallest absolute Gasteiger partial charge is 0.166 e. The second-order valence-corrected chi connectivity index (χ2v) is 2.91. The fraction of sp³-hybridized carbons (Fsp3) is 0.300. The Morgan fingerprint density at radius 2 is 2.14 bits per heavy atom. The summed E-state index contributed by atoms with van der Waals surface area (Å²) in [4.78, 5) is 0. The van der Waals surface area contributed by atoms with E-state index >= 15 is 0 Å². The molecule has 0 saturated carbocycles. The van der Waals surface area contributed by atoms with Gasteiger partial charge in [-0.25, -0.2) is 0 Å². The molecule has 2 N–H and O–H groups in total. The van der Waals surface area contributed by atoms with Gasteiger partial charge in [-0.3, -0.25) is 0 Å². The third kappa shape index (κ3) is 1.78. The Kier molecular flexibility index (Phi) is 2.95. The molecule has 4 nitrogen and oxygen atoms in total. The summed E-state index contributed by atoms with van der Waals surface area (Å²) in [5.41, 5.74) is 1.10. The first-order valence-corrected chi connectivity index (χ1v) is 4.05. The molecule has 0 spiro atoms. The molecule has 0 aliphatic carbocycles. The van der Waals surface area contributed by atoms with Crippen LogP contribution in [0.25, 0.3) is 0 Å². The van der Waals surface area contributed by atoms with Crippen molar-refractivity contribution >= 4 is 0 Å². The molecule has 14 heavy (non-hydrogen) atoms. The van der Waals surface area contributed by atoms with Gasteiger partial charge in [-0.05, 0) is 24.6 Å². The van der Waals surface area contributed by atoms with E-state index in [1.807, 2.05) is 0 Å². The van der Waals surface area contributed by atoms with Crippen molar-refractivity contribution in [2.45, 2.75) is 13.0 Å². The van der Waals surface area contributed by atoms with Crippen molar-refractivity contribution in [3.8, 4) is 17.6 Å². The van der Waals surface area contributed by atoms with Crippen molar-refractivity contribution in [3.63, 3.8) is 0 Å². The number of hydrogen-bond donors (Lipinski definition) is 2. The Labute approximate surface area is 82.0 Å². The quantitative estimate of drug-likeness (QED) is 0.693. The molecule has 0 radical (unpaired) electrons. The van der Waals surface area contributed by atoms with Crippen molar-refractivity contribution < 1.29 is 14.9 Å². The Balaban J connectivity index is 3.23. The van der Waals surface area contributed by atoms with Gasteiger partial charge in [0.15, 0.2) is 17.6 Å². The SMILES string of the molecule is COc1cc(C)c(C(O)C#N)cc1O. The van der Waals surface area contributed by atoms with E-state index in [4.69, 9.17) is 10.00 Å². The molecule has 1 unspecified atom stereocenters. The van der Waals surface area contributed by atoms with Crippen LogP contribution in [0, 0.1) is 18.3 Å². The fourth-order valence-corrected chi connectivity index (χ4v) is 1.21. The number of aliphatic hydroxyl groups is 1. The monoisotopic (exact) mass is 193 g/mol. The highest BCUT2D eigenvalue weighted by molar-refractivity contribution is 5.47. The Bertz CT molecular complexity index is 382. The molecule has 1 aromatic carbocycles. The molecule has 0 aromatic heterocycles. The van der Waals surface area contributed by atoms with Crippen LogP contribution in [0.5, 0.6) is 11.5 Å². The third-order valence-electron chi connectivity index (χ3n) is 1.98. The van der Waals surface area contributed by atoms with Gasteiger partial charge in [0.2, 0.25) is 0 Å². The van der Waals surface area contributed by atoms with Crippen LogP contribution >= 0.6 is 0 Å². The first-order chi connectivity index (χ1) is 6.60. The van der Waals surface area contributed by atoms with E-state index in [0.29, 0.717) is 16.9 Å². The lowest BCUT2D eigenvalue weighted by atomic mass is 10.0. The average molecular weight is 193 g/mol. The topological polar surface area (TPSA) is 73.5 Å². The number of phenols is 1. The molecular formula is C10H11NO3. The van der Waals surface area contributed by atoms with Gasteiger partial charge in [-0.2, -0.15) is 5.26 Å². The molecule has 0 aliphatic rings. The highest BCUT2D eigenvalue weighted by Crippen LogP contribution is 2.31. The molecule has 0 heterocycles. The van der Waals surface area contributed by atoms with E-state index in [9.17, 15) is 10.2 Å².